The molecule has 2 unspecified atom stereocenters. The number of aryl methyl sites for hydroxylation is 1. The molecule has 1 saturated heterocycles. The molecule has 3 saturated carbocycles. The van der Waals surface area contributed by atoms with Crippen LogP contribution in [0.2, 0.25) is 0 Å². The smallest absolute Gasteiger partial charge is 0.404 e. The molecule has 2 bridgehead atoms. The van der Waals surface area contributed by atoms with E-state index in [2.05, 4.69) is 52.0 Å². The summed E-state index contributed by atoms with van der Waals surface area (Å²) < 4.78 is 12.7. The summed E-state index contributed by atoms with van der Waals surface area (Å²) in [7, 11) is -0.276. The number of hydrogen-bond acceptors (Lipinski definition) is 3. The van der Waals surface area contributed by atoms with E-state index in [1.807, 2.05) is 0 Å². The SMILES string of the molecule is Cc1ccc(C[C@H](N)B2O[C@@H]3CC4CC(C4(C)C)[C@]3(C)O2)cc1. The number of hydrogen-bond donors (Lipinski definition) is 1. The molecule has 1 aromatic carbocycles. The van der Waals surface area contributed by atoms with Gasteiger partial charge >= 0.3 is 7.12 Å². The molecule has 1 aromatic rings. The molecule has 0 amide bonds. The van der Waals surface area contributed by atoms with Gasteiger partial charge in [0.15, 0.2) is 0 Å². The van der Waals surface area contributed by atoms with E-state index >= 15 is 0 Å². The highest BCUT2D eigenvalue weighted by Crippen LogP contribution is 2.65. The maximum atomic E-state index is 6.45. The molecule has 124 valence electrons. The van der Waals surface area contributed by atoms with Crippen LogP contribution in [0.25, 0.3) is 0 Å². The summed E-state index contributed by atoms with van der Waals surface area (Å²) in [5.41, 5.74) is 9.18. The summed E-state index contributed by atoms with van der Waals surface area (Å²) in [5.74, 6) is 1.26. The standard InChI is InChI=1S/C19H28BNO2/c1-12-5-7-13(8-6-12)9-17(21)20-22-16-11-14-10-15(18(14,2)3)19(16,4)23-20/h5-8,14-17H,9-11,21H2,1-4H3/t14?,15?,16-,17+,19+/m1/s1. The predicted octanol–water partition coefficient (Wildman–Crippen LogP) is 3.13. The van der Waals surface area contributed by atoms with E-state index in [0.717, 1.165) is 18.8 Å². The van der Waals surface area contributed by atoms with Gasteiger partial charge in [0.1, 0.15) is 0 Å². The fourth-order valence-corrected chi connectivity index (χ4v) is 5.17. The van der Waals surface area contributed by atoms with Gasteiger partial charge in [0, 0.05) is 5.94 Å². The molecule has 0 spiro atoms. The topological polar surface area (TPSA) is 44.5 Å². The highest BCUT2D eigenvalue weighted by molar-refractivity contribution is 6.47. The first kappa shape index (κ1) is 15.7. The zero-order chi connectivity index (χ0) is 16.4. The Hall–Kier alpha value is -0.835. The van der Waals surface area contributed by atoms with Crippen LogP contribution in [0.5, 0.6) is 0 Å². The minimum Gasteiger partial charge on any atom is -0.404 e. The van der Waals surface area contributed by atoms with E-state index in [0.29, 0.717) is 11.3 Å². The molecule has 0 aromatic heterocycles. The number of nitrogens with two attached hydrogens (primary N) is 1. The predicted molar refractivity (Wildman–Crippen MR) is 93.0 cm³/mol. The molecule has 3 nitrogen and oxygen atoms in total. The lowest BCUT2D eigenvalue weighted by Crippen LogP contribution is -2.65. The molecular formula is C19H28BNO2. The maximum Gasteiger partial charge on any atom is 0.475 e. The quantitative estimate of drug-likeness (QED) is 0.872. The Bertz CT molecular complexity index is 602. The van der Waals surface area contributed by atoms with E-state index < -0.39 is 0 Å². The molecule has 3 aliphatic carbocycles. The van der Waals surface area contributed by atoms with E-state index in [1.165, 1.54) is 17.5 Å². The van der Waals surface area contributed by atoms with Crippen molar-refractivity contribution in [2.24, 2.45) is 23.0 Å². The first-order valence-corrected chi connectivity index (χ1v) is 8.95. The first-order valence-electron chi connectivity index (χ1n) is 8.95. The van der Waals surface area contributed by atoms with Gasteiger partial charge in [-0.2, -0.15) is 0 Å². The van der Waals surface area contributed by atoms with Gasteiger partial charge < -0.3 is 15.0 Å². The van der Waals surface area contributed by atoms with Crippen molar-refractivity contribution in [2.45, 2.75) is 64.6 Å². The largest absolute Gasteiger partial charge is 0.475 e. The van der Waals surface area contributed by atoms with Gasteiger partial charge in [0.05, 0.1) is 11.7 Å². The molecule has 23 heavy (non-hydrogen) atoms. The summed E-state index contributed by atoms with van der Waals surface area (Å²) in [4.78, 5) is 0. The fraction of sp³-hybridized carbons (Fsp3) is 0.684. The van der Waals surface area contributed by atoms with Gasteiger partial charge in [0.2, 0.25) is 0 Å². The van der Waals surface area contributed by atoms with Crippen molar-refractivity contribution < 1.29 is 9.31 Å². The molecule has 0 radical (unpaired) electrons. The van der Waals surface area contributed by atoms with Gasteiger partial charge in [-0.05, 0) is 55.9 Å². The first-order chi connectivity index (χ1) is 10.8. The van der Waals surface area contributed by atoms with Crippen molar-refractivity contribution in [3.63, 3.8) is 0 Å². The zero-order valence-corrected chi connectivity index (χ0v) is 14.7. The highest BCUT2D eigenvalue weighted by atomic mass is 16.7. The van der Waals surface area contributed by atoms with Gasteiger partial charge in [0.25, 0.3) is 0 Å². The molecule has 1 aliphatic heterocycles. The van der Waals surface area contributed by atoms with Crippen LogP contribution in [-0.2, 0) is 15.7 Å². The average Bonchev–Trinajstić information content (AvgIpc) is 2.86. The Labute approximate surface area is 140 Å². The van der Waals surface area contributed by atoms with Crippen LogP contribution in [0.3, 0.4) is 0 Å². The van der Waals surface area contributed by atoms with Crippen molar-refractivity contribution in [3.05, 3.63) is 35.4 Å². The van der Waals surface area contributed by atoms with E-state index in [4.69, 9.17) is 15.0 Å². The monoisotopic (exact) mass is 313 g/mol. The van der Waals surface area contributed by atoms with Crippen molar-refractivity contribution in [2.75, 3.05) is 0 Å². The van der Waals surface area contributed by atoms with Gasteiger partial charge in [-0.3, -0.25) is 0 Å². The Morgan fingerprint density at radius 3 is 2.57 bits per heavy atom. The second-order valence-electron chi connectivity index (χ2n) is 8.69. The molecule has 2 N–H and O–H groups in total. The number of benzene rings is 1. The van der Waals surface area contributed by atoms with Gasteiger partial charge in [-0.1, -0.05) is 43.7 Å². The summed E-state index contributed by atoms with van der Waals surface area (Å²) in [6.45, 7) is 9.12. The van der Waals surface area contributed by atoms with Crippen molar-refractivity contribution in [1.29, 1.82) is 0 Å². The molecule has 5 rings (SSSR count). The average molecular weight is 313 g/mol. The molecular weight excluding hydrogens is 285 g/mol. The van der Waals surface area contributed by atoms with Crippen molar-refractivity contribution >= 4 is 7.12 Å². The summed E-state index contributed by atoms with van der Waals surface area (Å²) in [6.07, 6.45) is 3.41. The molecule has 4 aliphatic rings. The third-order valence-electron chi connectivity index (χ3n) is 6.91. The van der Waals surface area contributed by atoms with Crippen LogP contribution < -0.4 is 5.73 Å². The lowest BCUT2D eigenvalue weighted by molar-refractivity contribution is -0.199. The van der Waals surface area contributed by atoms with E-state index in [1.54, 1.807) is 0 Å². The Morgan fingerprint density at radius 2 is 1.91 bits per heavy atom. The van der Waals surface area contributed by atoms with Gasteiger partial charge in [-0.15, -0.1) is 0 Å². The van der Waals surface area contributed by atoms with Crippen LogP contribution in [-0.4, -0.2) is 24.8 Å². The van der Waals surface area contributed by atoms with Gasteiger partial charge in [-0.25, -0.2) is 0 Å². The minimum atomic E-state index is -0.276. The summed E-state index contributed by atoms with van der Waals surface area (Å²) in [5, 5.41) is 0. The summed E-state index contributed by atoms with van der Waals surface area (Å²) in [6, 6.07) is 8.57. The Morgan fingerprint density at radius 1 is 1.22 bits per heavy atom. The molecule has 4 heteroatoms. The third-order valence-corrected chi connectivity index (χ3v) is 6.91. The summed E-state index contributed by atoms with van der Waals surface area (Å²) >= 11 is 0. The van der Waals surface area contributed by atoms with Crippen LogP contribution in [0, 0.1) is 24.2 Å². The maximum absolute atomic E-state index is 6.45. The highest BCUT2D eigenvalue weighted by Gasteiger charge is 2.68. The van der Waals surface area contributed by atoms with Crippen LogP contribution in [0.15, 0.2) is 24.3 Å². The normalized spacial score (nSPS) is 38.8. The third kappa shape index (κ3) is 2.30. The Balaban J connectivity index is 1.47. The zero-order valence-electron chi connectivity index (χ0n) is 14.7. The lowest BCUT2D eigenvalue weighted by atomic mass is 9.43. The van der Waals surface area contributed by atoms with Crippen LogP contribution in [0.4, 0.5) is 0 Å². The van der Waals surface area contributed by atoms with E-state index in [9.17, 15) is 0 Å². The van der Waals surface area contributed by atoms with Crippen molar-refractivity contribution in [3.8, 4) is 0 Å². The van der Waals surface area contributed by atoms with Crippen LogP contribution >= 0.6 is 0 Å². The van der Waals surface area contributed by atoms with Crippen molar-refractivity contribution in [1.82, 2.24) is 0 Å². The number of rotatable bonds is 3. The molecule has 4 fully saturated rings. The minimum absolute atomic E-state index is 0.111. The second kappa shape index (κ2) is 5.08. The molecule has 5 atom stereocenters. The Kier molecular flexibility index (Phi) is 3.46. The van der Waals surface area contributed by atoms with Crippen LogP contribution in [0.1, 0.15) is 44.7 Å². The second-order valence-corrected chi connectivity index (χ2v) is 8.69. The lowest BCUT2D eigenvalue weighted by Gasteiger charge is -2.64. The molecule has 1 heterocycles. The van der Waals surface area contributed by atoms with E-state index in [-0.39, 0.29) is 24.8 Å². The fourth-order valence-electron chi connectivity index (χ4n) is 5.17.